The van der Waals surface area contributed by atoms with Gasteiger partial charge in [0, 0.05) is 0 Å². The van der Waals surface area contributed by atoms with Crippen LogP contribution in [0.2, 0.25) is 0 Å². The van der Waals surface area contributed by atoms with Gasteiger partial charge in [0.1, 0.15) is 29.7 Å². The highest BCUT2D eigenvalue weighted by atomic mass is 19.1. The zero-order valence-corrected chi connectivity index (χ0v) is 13.8. The molecule has 6 heteroatoms. The number of carbonyl (C=O) groups is 1. The molecule has 4 nitrogen and oxygen atoms in total. The van der Waals surface area contributed by atoms with Crippen molar-refractivity contribution in [1.29, 1.82) is 0 Å². The topological polar surface area (TPSA) is 50.4 Å². The third-order valence-electron chi connectivity index (χ3n) is 4.20. The lowest BCUT2D eigenvalue weighted by molar-refractivity contribution is 0.247. The van der Waals surface area contributed by atoms with Crippen LogP contribution in [-0.4, -0.2) is 19.2 Å². The highest BCUT2D eigenvalue weighted by molar-refractivity contribution is 5.89. The number of fused-ring (bicyclic) bond motifs is 1. The molecule has 3 rings (SSSR count). The number of para-hydroxylation sites is 1. The first-order chi connectivity index (χ1) is 12.1. The average Bonchev–Trinajstić information content (AvgIpc) is 2.62. The number of halogens is 2. The minimum Gasteiger partial charge on any atom is -0.491 e. The molecule has 0 bridgehead atoms. The smallest absolute Gasteiger partial charge is 0.319 e. The van der Waals surface area contributed by atoms with E-state index >= 15 is 0 Å². The minimum atomic E-state index is -0.817. The summed E-state index contributed by atoms with van der Waals surface area (Å²) in [6.07, 6.45) is 4.43. The van der Waals surface area contributed by atoms with Gasteiger partial charge in [-0.25, -0.2) is 13.6 Å². The van der Waals surface area contributed by atoms with Gasteiger partial charge in [0.2, 0.25) is 0 Å². The van der Waals surface area contributed by atoms with Crippen molar-refractivity contribution in [3.63, 3.8) is 0 Å². The summed E-state index contributed by atoms with van der Waals surface area (Å²) in [5, 5.41) is 4.70. The second-order valence-corrected chi connectivity index (χ2v) is 5.93. The molecule has 0 heterocycles. The molecule has 0 saturated carbocycles. The zero-order chi connectivity index (χ0) is 17.6. The Kier molecular flexibility index (Phi) is 5.48. The summed E-state index contributed by atoms with van der Waals surface area (Å²) in [4.78, 5) is 11.7. The van der Waals surface area contributed by atoms with E-state index in [1.807, 2.05) is 12.1 Å². The molecule has 0 unspecified atom stereocenters. The van der Waals surface area contributed by atoms with Crippen LogP contribution in [-0.2, 0) is 12.8 Å². The van der Waals surface area contributed by atoms with Crippen molar-refractivity contribution in [3.8, 4) is 5.75 Å². The Balaban J connectivity index is 1.48. The van der Waals surface area contributed by atoms with E-state index in [9.17, 15) is 13.6 Å². The molecule has 1 aliphatic rings. The number of hydrogen-bond acceptors (Lipinski definition) is 2. The van der Waals surface area contributed by atoms with Crippen molar-refractivity contribution in [2.45, 2.75) is 25.7 Å². The largest absolute Gasteiger partial charge is 0.491 e. The minimum absolute atomic E-state index is 0.228. The number of hydrogen-bond donors (Lipinski definition) is 2. The molecule has 0 spiro atoms. The summed E-state index contributed by atoms with van der Waals surface area (Å²) in [6.45, 7) is 0.509. The van der Waals surface area contributed by atoms with Crippen LogP contribution in [0.5, 0.6) is 5.75 Å². The molecule has 2 N–H and O–H groups in total. The number of aryl methyl sites for hydroxylation is 1. The van der Waals surface area contributed by atoms with E-state index in [0.29, 0.717) is 0 Å². The predicted molar refractivity (Wildman–Crippen MR) is 92.0 cm³/mol. The number of ether oxygens (including phenoxy) is 1. The molecule has 1 aliphatic carbocycles. The molecule has 0 atom stereocenters. The van der Waals surface area contributed by atoms with Crippen LogP contribution in [0.15, 0.2) is 36.4 Å². The lowest BCUT2D eigenvalue weighted by atomic mass is 9.91. The van der Waals surface area contributed by atoms with E-state index in [0.717, 1.165) is 37.1 Å². The second kappa shape index (κ2) is 7.96. The van der Waals surface area contributed by atoms with Gasteiger partial charge in [0.15, 0.2) is 0 Å². The summed E-state index contributed by atoms with van der Waals surface area (Å²) in [5.41, 5.74) is 2.11. The van der Waals surface area contributed by atoms with Crippen LogP contribution in [0, 0.1) is 11.6 Å². The SMILES string of the molecule is O=C(NCCOc1cccc2c1CCCC2)Nc1c(F)cccc1F. The molecule has 132 valence electrons. The molecular formula is C19H20F2N2O2. The molecular weight excluding hydrogens is 326 g/mol. The van der Waals surface area contributed by atoms with Crippen LogP contribution < -0.4 is 15.4 Å². The Labute approximate surface area is 145 Å². The van der Waals surface area contributed by atoms with E-state index in [4.69, 9.17) is 4.74 Å². The van der Waals surface area contributed by atoms with E-state index in [-0.39, 0.29) is 13.2 Å². The van der Waals surface area contributed by atoms with E-state index in [1.165, 1.54) is 23.6 Å². The normalized spacial score (nSPS) is 13.0. The Bertz CT molecular complexity index is 745. The highest BCUT2D eigenvalue weighted by Gasteiger charge is 2.14. The molecule has 0 saturated heterocycles. The Hall–Kier alpha value is -2.63. The van der Waals surface area contributed by atoms with Crippen LogP contribution >= 0.6 is 0 Å². The standard InChI is InChI=1S/C19H20F2N2O2/c20-15-8-4-9-16(21)18(15)23-19(24)22-11-12-25-17-10-3-6-13-5-1-2-7-14(13)17/h3-4,6,8-10H,1-2,5,7,11-12H2,(H2,22,23,24). The van der Waals surface area contributed by atoms with Crippen molar-refractivity contribution in [3.05, 3.63) is 59.2 Å². The fourth-order valence-electron chi connectivity index (χ4n) is 2.98. The lowest BCUT2D eigenvalue weighted by Gasteiger charge is -2.19. The molecule has 0 aliphatic heterocycles. The maximum atomic E-state index is 13.5. The number of carbonyl (C=O) groups excluding carboxylic acids is 1. The van der Waals surface area contributed by atoms with E-state index in [2.05, 4.69) is 16.7 Å². The monoisotopic (exact) mass is 346 g/mol. The summed E-state index contributed by atoms with van der Waals surface area (Å²) < 4.78 is 32.7. The van der Waals surface area contributed by atoms with Gasteiger partial charge in [-0.1, -0.05) is 18.2 Å². The lowest BCUT2D eigenvalue weighted by Crippen LogP contribution is -2.32. The first-order valence-electron chi connectivity index (χ1n) is 8.37. The number of amides is 2. The van der Waals surface area contributed by atoms with Crippen molar-refractivity contribution in [1.82, 2.24) is 5.32 Å². The van der Waals surface area contributed by atoms with Crippen LogP contribution in [0.4, 0.5) is 19.3 Å². The fraction of sp³-hybridized carbons (Fsp3) is 0.316. The van der Waals surface area contributed by atoms with E-state index < -0.39 is 23.4 Å². The van der Waals surface area contributed by atoms with E-state index in [1.54, 1.807) is 0 Å². The molecule has 2 amide bonds. The zero-order valence-electron chi connectivity index (χ0n) is 13.8. The Morgan fingerprint density at radius 2 is 1.76 bits per heavy atom. The van der Waals surface area contributed by atoms with Gasteiger partial charge in [-0.05, 0) is 55.0 Å². The number of benzene rings is 2. The number of anilines is 1. The number of nitrogens with one attached hydrogen (secondary N) is 2. The van der Waals surface area contributed by atoms with Gasteiger partial charge in [-0.3, -0.25) is 0 Å². The molecule has 0 radical (unpaired) electrons. The molecule has 2 aromatic rings. The maximum Gasteiger partial charge on any atom is 0.319 e. The Morgan fingerprint density at radius 1 is 1.04 bits per heavy atom. The molecule has 0 fully saturated rings. The summed E-state index contributed by atoms with van der Waals surface area (Å²) in [5.74, 6) is -0.788. The fourth-order valence-corrected chi connectivity index (χ4v) is 2.98. The Morgan fingerprint density at radius 3 is 2.56 bits per heavy atom. The van der Waals surface area contributed by atoms with Gasteiger partial charge >= 0.3 is 6.03 Å². The predicted octanol–water partition coefficient (Wildman–Crippen LogP) is 4.04. The van der Waals surface area contributed by atoms with Gasteiger partial charge in [0.05, 0.1) is 6.54 Å². The van der Waals surface area contributed by atoms with Crippen molar-refractivity contribution < 1.29 is 18.3 Å². The summed E-state index contributed by atoms with van der Waals surface area (Å²) in [7, 11) is 0. The average molecular weight is 346 g/mol. The molecule has 25 heavy (non-hydrogen) atoms. The van der Waals surface area contributed by atoms with Crippen molar-refractivity contribution >= 4 is 11.7 Å². The third kappa shape index (κ3) is 4.26. The second-order valence-electron chi connectivity index (χ2n) is 5.93. The first-order valence-corrected chi connectivity index (χ1v) is 8.37. The van der Waals surface area contributed by atoms with Gasteiger partial charge in [0.25, 0.3) is 0 Å². The summed E-state index contributed by atoms with van der Waals surface area (Å²) >= 11 is 0. The summed E-state index contributed by atoms with van der Waals surface area (Å²) in [6, 6.07) is 8.75. The van der Waals surface area contributed by atoms with Crippen molar-refractivity contribution in [2.75, 3.05) is 18.5 Å². The van der Waals surface area contributed by atoms with Crippen molar-refractivity contribution in [2.24, 2.45) is 0 Å². The van der Waals surface area contributed by atoms with Crippen LogP contribution in [0.3, 0.4) is 0 Å². The molecule has 2 aromatic carbocycles. The third-order valence-corrected chi connectivity index (χ3v) is 4.20. The van der Waals surface area contributed by atoms with Gasteiger partial charge in [-0.2, -0.15) is 0 Å². The maximum absolute atomic E-state index is 13.5. The van der Waals surface area contributed by atoms with Gasteiger partial charge in [-0.15, -0.1) is 0 Å². The van der Waals surface area contributed by atoms with Crippen LogP contribution in [0.25, 0.3) is 0 Å². The number of urea groups is 1. The van der Waals surface area contributed by atoms with Crippen LogP contribution in [0.1, 0.15) is 24.0 Å². The highest BCUT2D eigenvalue weighted by Crippen LogP contribution is 2.29. The first kappa shape index (κ1) is 17.2. The van der Waals surface area contributed by atoms with Gasteiger partial charge < -0.3 is 15.4 Å². The number of rotatable bonds is 5. The molecule has 0 aromatic heterocycles. The quantitative estimate of drug-likeness (QED) is 0.803.